The maximum absolute atomic E-state index is 12.9. The minimum atomic E-state index is -0.630. The molecule has 29 heavy (non-hydrogen) atoms. The second-order valence-corrected chi connectivity index (χ2v) is 7.58. The molecule has 1 N–H and O–H groups in total. The van der Waals surface area contributed by atoms with Crippen LogP contribution >= 0.6 is 11.6 Å². The minimum Gasteiger partial charge on any atom is -0.301 e. The molecule has 1 fully saturated rings. The van der Waals surface area contributed by atoms with Gasteiger partial charge in [0.05, 0.1) is 13.1 Å². The van der Waals surface area contributed by atoms with Gasteiger partial charge in [0.2, 0.25) is 11.9 Å². The molecule has 2 heterocycles. The molecule has 0 saturated carbocycles. The lowest BCUT2D eigenvalue weighted by atomic mass is 10.1. The largest absolute Gasteiger partial charge is 0.390 e. The quantitative estimate of drug-likeness (QED) is 0.679. The number of guanidine groups is 1. The molecular weight excluding hydrogens is 392 g/mol. The molecule has 2 aliphatic rings. The Kier molecular flexibility index (Phi) is 6.54. The summed E-state index contributed by atoms with van der Waals surface area (Å²) in [7, 11) is 3.15. The van der Waals surface area contributed by atoms with Crippen LogP contribution in [0.3, 0.4) is 0 Å². The number of rotatable bonds is 7. The summed E-state index contributed by atoms with van der Waals surface area (Å²) in [5.74, 6) is 0.786. The van der Waals surface area contributed by atoms with Crippen LogP contribution in [0.4, 0.5) is 4.79 Å². The maximum Gasteiger partial charge on any atom is 0.390 e. The molecular formula is C20H28ClN6O2+. The molecule has 1 atom stereocenters. The lowest BCUT2D eigenvalue weighted by molar-refractivity contribution is -0.553. The molecule has 1 saturated heterocycles. The van der Waals surface area contributed by atoms with Crippen molar-refractivity contribution in [3.05, 3.63) is 34.9 Å². The number of amides is 3. The second-order valence-electron chi connectivity index (χ2n) is 7.14. The molecule has 9 heteroatoms. The van der Waals surface area contributed by atoms with Gasteiger partial charge in [0.15, 0.2) is 0 Å². The number of halogens is 1. The Bertz CT molecular complexity index is 847. The number of hydrogen-bond acceptors (Lipinski definition) is 5. The van der Waals surface area contributed by atoms with E-state index in [-0.39, 0.29) is 11.9 Å². The van der Waals surface area contributed by atoms with E-state index in [2.05, 4.69) is 29.1 Å². The lowest BCUT2D eigenvalue weighted by Crippen LogP contribution is -2.61. The molecule has 8 nitrogen and oxygen atoms in total. The van der Waals surface area contributed by atoms with Gasteiger partial charge in [-0.3, -0.25) is 19.9 Å². The molecule has 0 radical (unpaired) electrons. The molecule has 0 aromatic heterocycles. The Morgan fingerprint density at radius 1 is 1.14 bits per heavy atom. The first-order chi connectivity index (χ1) is 13.9. The first-order valence-electron chi connectivity index (χ1n) is 9.85. The van der Waals surface area contributed by atoms with Crippen LogP contribution < -0.4 is 5.32 Å². The van der Waals surface area contributed by atoms with Crippen LogP contribution in [0.1, 0.15) is 19.4 Å². The number of hydrogen-bond donors (Lipinski definition) is 1. The number of urea groups is 1. The number of nitrogens with zero attached hydrogens (tertiary/aromatic N) is 5. The SMILES string of the molecule is CCN(CC)CCNC1=[N+](Cc2ccc(Cl)cc2)C2C(=O)N(C)C(=O)N(C)C2=N1. The fourth-order valence-corrected chi connectivity index (χ4v) is 3.68. The first-order valence-corrected chi connectivity index (χ1v) is 10.2. The summed E-state index contributed by atoms with van der Waals surface area (Å²) in [4.78, 5) is 34.8. The van der Waals surface area contributed by atoms with Crippen molar-refractivity contribution in [2.75, 3.05) is 40.3 Å². The zero-order valence-corrected chi connectivity index (χ0v) is 18.1. The van der Waals surface area contributed by atoms with E-state index in [9.17, 15) is 9.59 Å². The van der Waals surface area contributed by atoms with Crippen LogP contribution in [-0.2, 0) is 11.3 Å². The van der Waals surface area contributed by atoms with E-state index < -0.39 is 6.04 Å². The number of fused-ring (bicyclic) bond motifs is 1. The molecule has 0 aliphatic carbocycles. The summed E-state index contributed by atoms with van der Waals surface area (Å²) in [5.41, 5.74) is 1.00. The van der Waals surface area contributed by atoms with Gasteiger partial charge < -0.3 is 4.90 Å². The molecule has 156 valence electrons. The van der Waals surface area contributed by atoms with Crippen LogP contribution in [0.15, 0.2) is 29.3 Å². The minimum absolute atomic E-state index is 0.277. The van der Waals surface area contributed by atoms with Crippen molar-refractivity contribution in [3.8, 4) is 0 Å². The third-order valence-corrected chi connectivity index (χ3v) is 5.65. The molecule has 1 unspecified atom stereocenters. The molecule has 3 amide bonds. The van der Waals surface area contributed by atoms with Gasteiger partial charge in [-0.2, -0.15) is 0 Å². The molecule has 0 spiro atoms. The van der Waals surface area contributed by atoms with Crippen LogP contribution in [0.2, 0.25) is 5.02 Å². The van der Waals surface area contributed by atoms with E-state index in [1.54, 1.807) is 7.05 Å². The second kappa shape index (κ2) is 8.92. The normalized spacial score (nSPS) is 19.2. The van der Waals surface area contributed by atoms with Crippen molar-refractivity contribution in [2.24, 2.45) is 4.99 Å². The van der Waals surface area contributed by atoms with Gasteiger partial charge in [0.25, 0.3) is 5.91 Å². The van der Waals surface area contributed by atoms with Crippen LogP contribution in [0.25, 0.3) is 0 Å². The van der Waals surface area contributed by atoms with Gasteiger partial charge in [-0.05, 0) is 30.8 Å². The zero-order valence-electron chi connectivity index (χ0n) is 17.4. The van der Waals surface area contributed by atoms with Gasteiger partial charge in [-0.25, -0.2) is 9.37 Å². The van der Waals surface area contributed by atoms with Crippen molar-refractivity contribution >= 4 is 35.3 Å². The summed E-state index contributed by atoms with van der Waals surface area (Å²) in [6.45, 7) is 8.23. The number of carbonyl (C=O) groups is 2. The average Bonchev–Trinajstić information content (AvgIpc) is 3.08. The van der Waals surface area contributed by atoms with Gasteiger partial charge in [0, 0.05) is 25.7 Å². The standard InChI is InChI=1S/C20H27ClN6O2/c1-5-26(6-2)12-11-22-19-23-17-16(18(28)25(4)20(29)24(17)3)27(19)13-14-7-9-15(21)10-8-14/h7-10,16H,5-6,11-13H2,1-4H3/p+1. The topological polar surface area (TPSA) is 71.3 Å². The van der Waals surface area contributed by atoms with Crippen molar-refractivity contribution in [1.29, 1.82) is 0 Å². The highest BCUT2D eigenvalue weighted by Gasteiger charge is 2.51. The smallest absolute Gasteiger partial charge is 0.301 e. The fourth-order valence-electron chi connectivity index (χ4n) is 3.56. The number of benzene rings is 1. The predicted octanol–water partition coefficient (Wildman–Crippen LogP) is 1.44. The summed E-state index contributed by atoms with van der Waals surface area (Å²) in [6.07, 6.45) is 0. The Balaban J connectivity index is 1.89. The zero-order chi connectivity index (χ0) is 21.1. The van der Waals surface area contributed by atoms with E-state index in [0.29, 0.717) is 29.9 Å². The third kappa shape index (κ3) is 4.28. The Labute approximate surface area is 176 Å². The summed E-state index contributed by atoms with van der Waals surface area (Å²) in [5, 5.41) is 4.03. The van der Waals surface area contributed by atoms with E-state index in [1.165, 1.54) is 11.9 Å². The summed E-state index contributed by atoms with van der Waals surface area (Å²) < 4.78 is 1.92. The lowest BCUT2D eigenvalue weighted by Gasteiger charge is -2.31. The molecule has 1 aromatic carbocycles. The third-order valence-electron chi connectivity index (χ3n) is 5.40. The van der Waals surface area contributed by atoms with Crippen molar-refractivity contribution in [2.45, 2.75) is 26.4 Å². The van der Waals surface area contributed by atoms with Crippen molar-refractivity contribution < 1.29 is 14.2 Å². The molecule has 3 rings (SSSR count). The number of carbonyl (C=O) groups excluding carboxylic acids is 2. The number of amidine groups is 1. The predicted molar refractivity (Wildman–Crippen MR) is 113 cm³/mol. The highest BCUT2D eigenvalue weighted by Crippen LogP contribution is 2.20. The fraction of sp³-hybridized carbons (Fsp3) is 0.500. The monoisotopic (exact) mass is 419 g/mol. The summed E-state index contributed by atoms with van der Waals surface area (Å²) in [6, 6.07) is 6.51. The number of likely N-dealkylation sites (N-methyl/N-ethyl adjacent to an activating group) is 3. The van der Waals surface area contributed by atoms with Gasteiger partial charge in [-0.15, -0.1) is 0 Å². The first kappa shape index (κ1) is 21.3. The van der Waals surface area contributed by atoms with Crippen molar-refractivity contribution in [1.82, 2.24) is 20.0 Å². The highest BCUT2D eigenvalue weighted by molar-refractivity contribution is 6.30. The Morgan fingerprint density at radius 2 is 1.79 bits per heavy atom. The average molecular weight is 420 g/mol. The Hall–Kier alpha value is -2.45. The van der Waals surface area contributed by atoms with E-state index >= 15 is 0 Å². The van der Waals surface area contributed by atoms with Crippen LogP contribution in [-0.4, -0.2) is 89.3 Å². The molecule has 1 aromatic rings. The van der Waals surface area contributed by atoms with Crippen molar-refractivity contribution in [3.63, 3.8) is 0 Å². The van der Waals surface area contributed by atoms with Crippen LogP contribution in [0.5, 0.6) is 0 Å². The van der Waals surface area contributed by atoms with Crippen LogP contribution in [0, 0.1) is 0 Å². The van der Waals surface area contributed by atoms with E-state index in [0.717, 1.165) is 30.1 Å². The number of aliphatic imine (C=N–C) groups is 1. The highest BCUT2D eigenvalue weighted by atomic mass is 35.5. The number of nitrogens with one attached hydrogen (secondary N) is 1. The molecule has 0 bridgehead atoms. The van der Waals surface area contributed by atoms with E-state index in [4.69, 9.17) is 11.6 Å². The molecule has 2 aliphatic heterocycles. The summed E-state index contributed by atoms with van der Waals surface area (Å²) >= 11 is 6.01. The number of imide groups is 1. The van der Waals surface area contributed by atoms with Gasteiger partial charge in [-0.1, -0.05) is 42.6 Å². The van der Waals surface area contributed by atoms with Gasteiger partial charge in [0.1, 0.15) is 0 Å². The van der Waals surface area contributed by atoms with Gasteiger partial charge >= 0.3 is 12.0 Å². The van der Waals surface area contributed by atoms with E-state index in [1.807, 2.05) is 28.8 Å². The Morgan fingerprint density at radius 3 is 2.41 bits per heavy atom. The maximum atomic E-state index is 12.9.